The van der Waals surface area contributed by atoms with Gasteiger partial charge in [0.25, 0.3) is 0 Å². The molecule has 0 bridgehead atoms. The van der Waals surface area contributed by atoms with Crippen LogP contribution in [0.5, 0.6) is 0 Å². The molecule has 0 atom stereocenters. The van der Waals surface area contributed by atoms with Crippen molar-refractivity contribution in [2.45, 2.75) is 19.8 Å². The second-order valence-electron chi connectivity index (χ2n) is 2.51. The lowest BCUT2D eigenvalue weighted by molar-refractivity contribution is -0.140. The largest absolute Gasteiger partial charge is 0.301 e. The molecule has 0 radical (unpaired) electrons. The van der Waals surface area contributed by atoms with Gasteiger partial charge in [-0.25, -0.2) is 5.01 Å². The third-order valence-electron chi connectivity index (χ3n) is 1.06. The molecule has 0 aromatic rings. The number of Topliss-reactive ketones (excluding diaryl/α,β-unsaturated/α-hetero) is 1. The molecule has 0 saturated carbocycles. The second-order valence-corrected chi connectivity index (χ2v) is 2.51. The van der Waals surface area contributed by atoms with Crippen molar-refractivity contribution >= 4 is 11.7 Å². The van der Waals surface area contributed by atoms with E-state index in [4.69, 9.17) is 0 Å². The molecule has 0 aromatic heterocycles. The smallest absolute Gasteiger partial charge is 0.289 e. The van der Waals surface area contributed by atoms with Crippen LogP contribution in [0.1, 0.15) is 19.8 Å². The lowest BCUT2D eigenvalue weighted by Gasteiger charge is -2.09. The quantitative estimate of drug-likeness (QED) is 0.461. The van der Waals surface area contributed by atoms with Crippen molar-refractivity contribution in [2.24, 2.45) is 0 Å². The SMILES string of the molecule is CCCC(=O)C(=O)NN(C)C. The van der Waals surface area contributed by atoms with Gasteiger partial charge in [0.1, 0.15) is 0 Å². The predicted octanol–water partition coefficient (Wildman–Crippen LogP) is -0.0516. The van der Waals surface area contributed by atoms with Crippen molar-refractivity contribution in [2.75, 3.05) is 14.1 Å². The highest BCUT2D eigenvalue weighted by atomic mass is 16.2. The maximum atomic E-state index is 10.8. The van der Waals surface area contributed by atoms with E-state index in [1.165, 1.54) is 5.01 Å². The maximum Gasteiger partial charge on any atom is 0.301 e. The van der Waals surface area contributed by atoms with Crippen LogP contribution in [-0.2, 0) is 9.59 Å². The Bertz CT molecular complexity index is 155. The van der Waals surface area contributed by atoms with Crippen LogP contribution < -0.4 is 5.43 Å². The fourth-order valence-electron chi connectivity index (χ4n) is 0.606. The number of hydrogen-bond donors (Lipinski definition) is 1. The van der Waals surface area contributed by atoms with Gasteiger partial charge in [-0.05, 0) is 6.42 Å². The van der Waals surface area contributed by atoms with Gasteiger partial charge in [0.15, 0.2) is 0 Å². The van der Waals surface area contributed by atoms with Crippen LogP contribution in [0.15, 0.2) is 0 Å². The zero-order chi connectivity index (χ0) is 8.85. The highest BCUT2D eigenvalue weighted by molar-refractivity contribution is 6.35. The molecule has 0 aliphatic carbocycles. The molecule has 0 unspecified atom stereocenters. The first-order valence-corrected chi connectivity index (χ1v) is 3.59. The first-order chi connectivity index (χ1) is 5.07. The Hall–Kier alpha value is -0.900. The monoisotopic (exact) mass is 158 g/mol. The average Bonchev–Trinajstić information content (AvgIpc) is 1.86. The molecule has 0 spiro atoms. The van der Waals surface area contributed by atoms with Crippen LogP contribution in [0.4, 0.5) is 0 Å². The van der Waals surface area contributed by atoms with Crippen LogP contribution in [0.2, 0.25) is 0 Å². The minimum Gasteiger partial charge on any atom is -0.289 e. The minimum atomic E-state index is -0.531. The molecule has 0 saturated heterocycles. The topological polar surface area (TPSA) is 49.4 Å². The Labute approximate surface area is 66.5 Å². The first-order valence-electron chi connectivity index (χ1n) is 3.59. The van der Waals surface area contributed by atoms with E-state index >= 15 is 0 Å². The van der Waals surface area contributed by atoms with Gasteiger partial charge in [-0.2, -0.15) is 0 Å². The molecule has 0 aliphatic heterocycles. The lowest BCUT2D eigenvalue weighted by Crippen LogP contribution is -2.40. The van der Waals surface area contributed by atoms with Crippen molar-refractivity contribution < 1.29 is 9.59 Å². The van der Waals surface area contributed by atoms with Gasteiger partial charge in [0.2, 0.25) is 5.78 Å². The molecule has 0 fully saturated rings. The van der Waals surface area contributed by atoms with E-state index < -0.39 is 5.91 Å². The van der Waals surface area contributed by atoms with E-state index in [9.17, 15) is 9.59 Å². The van der Waals surface area contributed by atoms with Gasteiger partial charge in [0.05, 0.1) is 0 Å². The number of nitrogens with zero attached hydrogens (tertiary/aromatic N) is 1. The van der Waals surface area contributed by atoms with Crippen LogP contribution in [0.25, 0.3) is 0 Å². The Balaban J connectivity index is 3.74. The van der Waals surface area contributed by atoms with Crippen LogP contribution in [0, 0.1) is 0 Å². The molecule has 0 aromatic carbocycles. The Morgan fingerprint density at radius 3 is 2.27 bits per heavy atom. The fraction of sp³-hybridized carbons (Fsp3) is 0.714. The maximum absolute atomic E-state index is 10.8. The molecule has 4 heteroatoms. The summed E-state index contributed by atoms with van der Waals surface area (Å²) in [5.41, 5.74) is 2.37. The molecule has 64 valence electrons. The predicted molar refractivity (Wildman–Crippen MR) is 41.7 cm³/mol. The van der Waals surface area contributed by atoms with E-state index in [1.807, 2.05) is 6.92 Å². The van der Waals surface area contributed by atoms with Gasteiger partial charge in [-0.15, -0.1) is 0 Å². The number of ketones is 1. The van der Waals surface area contributed by atoms with Gasteiger partial charge in [-0.1, -0.05) is 6.92 Å². The lowest BCUT2D eigenvalue weighted by atomic mass is 10.2. The van der Waals surface area contributed by atoms with E-state index in [1.54, 1.807) is 14.1 Å². The molecule has 1 amide bonds. The van der Waals surface area contributed by atoms with Crippen molar-refractivity contribution in [1.29, 1.82) is 0 Å². The number of nitrogens with one attached hydrogen (secondary N) is 1. The summed E-state index contributed by atoms with van der Waals surface area (Å²) < 4.78 is 0. The molecular formula is C7H14N2O2. The number of carbonyl (C=O) groups excluding carboxylic acids is 2. The molecular weight excluding hydrogens is 144 g/mol. The summed E-state index contributed by atoms with van der Waals surface area (Å²) in [5.74, 6) is -0.891. The van der Waals surface area contributed by atoms with Crippen molar-refractivity contribution in [3.63, 3.8) is 0 Å². The summed E-state index contributed by atoms with van der Waals surface area (Å²) in [5, 5.41) is 1.45. The molecule has 1 N–H and O–H groups in total. The summed E-state index contributed by atoms with van der Waals surface area (Å²) in [6.45, 7) is 1.86. The zero-order valence-corrected chi connectivity index (χ0v) is 7.18. The Morgan fingerprint density at radius 2 is 1.91 bits per heavy atom. The normalized spacial score (nSPS) is 9.82. The van der Waals surface area contributed by atoms with Crippen molar-refractivity contribution in [3.05, 3.63) is 0 Å². The van der Waals surface area contributed by atoms with Gasteiger partial charge in [-0.3, -0.25) is 15.0 Å². The summed E-state index contributed by atoms with van der Waals surface area (Å²) in [6.07, 6.45) is 1.03. The minimum absolute atomic E-state index is 0.319. The molecule has 0 aliphatic rings. The molecule has 0 rings (SSSR count). The highest BCUT2D eigenvalue weighted by Gasteiger charge is 2.11. The first kappa shape index (κ1) is 10.1. The van der Waals surface area contributed by atoms with Gasteiger partial charge < -0.3 is 0 Å². The van der Waals surface area contributed by atoms with E-state index in [-0.39, 0.29) is 5.78 Å². The van der Waals surface area contributed by atoms with Crippen LogP contribution in [-0.4, -0.2) is 30.8 Å². The van der Waals surface area contributed by atoms with Crippen LogP contribution in [0.3, 0.4) is 0 Å². The summed E-state index contributed by atoms with van der Waals surface area (Å²) in [7, 11) is 3.33. The van der Waals surface area contributed by atoms with Crippen LogP contribution >= 0.6 is 0 Å². The zero-order valence-electron chi connectivity index (χ0n) is 7.18. The van der Waals surface area contributed by atoms with E-state index in [0.717, 1.165) is 0 Å². The van der Waals surface area contributed by atoms with E-state index in [0.29, 0.717) is 12.8 Å². The fourth-order valence-corrected chi connectivity index (χ4v) is 0.606. The number of rotatable bonds is 4. The number of amides is 1. The van der Waals surface area contributed by atoms with Gasteiger partial charge in [0, 0.05) is 20.5 Å². The van der Waals surface area contributed by atoms with Gasteiger partial charge >= 0.3 is 5.91 Å². The van der Waals surface area contributed by atoms with Crippen molar-refractivity contribution in [3.8, 4) is 0 Å². The van der Waals surface area contributed by atoms with E-state index in [2.05, 4.69) is 5.43 Å². The second kappa shape index (κ2) is 4.85. The summed E-state index contributed by atoms with van der Waals surface area (Å²) >= 11 is 0. The number of hydrogen-bond acceptors (Lipinski definition) is 3. The molecule has 0 heterocycles. The summed E-state index contributed by atoms with van der Waals surface area (Å²) in [4.78, 5) is 21.7. The molecule has 4 nitrogen and oxygen atoms in total. The summed E-state index contributed by atoms with van der Waals surface area (Å²) in [6, 6.07) is 0. The third kappa shape index (κ3) is 4.50. The van der Waals surface area contributed by atoms with Crippen molar-refractivity contribution in [1.82, 2.24) is 10.4 Å². The Morgan fingerprint density at radius 1 is 1.36 bits per heavy atom. The number of hydrazine groups is 1. The average molecular weight is 158 g/mol. The third-order valence-corrected chi connectivity index (χ3v) is 1.06. The molecule has 11 heavy (non-hydrogen) atoms. The standard InChI is InChI=1S/C7H14N2O2/c1-4-5-6(10)7(11)8-9(2)3/h4-5H2,1-3H3,(H,8,11). The highest BCUT2D eigenvalue weighted by Crippen LogP contribution is 1.88. The Kier molecular flexibility index (Phi) is 4.45. The number of carbonyl (C=O) groups is 2.